The lowest BCUT2D eigenvalue weighted by molar-refractivity contribution is -0.130. The van der Waals surface area contributed by atoms with Crippen LogP contribution in [0.3, 0.4) is 0 Å². The first-order valence-electron chi connectivity index (χ1n) is 7.81. The van der Waals surface area contributed by atoms with Crippen LogP contribution in [0.4, 0.5) is 0 Å². The number of aryl methyl sites for hydroxylation is 2. The molecule has 0 saturated heterocycles. The molecule has 0 aliphatic heterocycles. The highest BCUT2D eigenvalue weighted by atomic mass is 16.2. The van der Waals surface area contributed by atoms with Crippen LogP contribution >= 0.6 is 0 Å². The lowest BCUT2D eigenvalue weighted by Crippen LogP contribution is -2.34. The van der Waals surface area contributed by atoms with E-state index in [4.69, 9.17) is 0 Å². The SMILES string of the molecule is Cc1ccc(-n2c(C)cc(CC(=O)N(C)C(C)C)c2C)cc1. The van der Waals surface area contributed by atoms with Gasteiger partial charge >= 0.3 is 0 Å². The van der Waals surface area contributed by atoms with Crippen molar-refractivity contribution in [3.05, 3.63) is 52.8 Å². The normalized spacial score (nSPS) is 11.0. The van der Waals surface area contributed by atoms with Gasteiger partial charge in [-0.15, -0.1) is 0 Å². The van der Waals surface area contributed by atoms with Crippen LogP contribution in [-0.2, 0) is 11.2 Å². The number of hydrogen-bond donors (Lipinski definition) is 0. The molecule has 1 heterocycles. The Labute approximate surface area is 133 Å². The van der Waals surface area contributed by atoms with Crippen molar-refractivity contribution in [2.24, 2.45) is 0 Å². The second-order valence-corrected chi connectivity index (χ2v) is 6.34. The summed E-state index contributed by atoms with van der Waals surface area (Å²) in [7, 11) is 1.87. The van der Waals surface area contributed by atoms with Crippen LogP contribution in [0.1, 0.15) is 36.4 Å². The number of hydrogen-bond acceptors (Lipinski definition) is 1. The molecular formula is C19H26N2O. The molecule has 1 aromatic carbocycles. The molecule has 2 rings (SSSR count). The monoisotopic (exact) mass is 298 g/mol. The summed E-state index contributed by atoms with van der Waals surface area (Å²) in [6.45, 7) is 10.3. The van der Waals surface area contributed by atoms with Gasteiger partial charge in [-0.05, 0) is 58.4 Å². The molecule has 0 bridgehead atoms. The van der Waals surface area contributed by atoms with Gasteiger partial charge in [0.15, 0.2) is 0 Å². The summed E-state index contributed by atoms with van der Waals surface area (Å²) < 4.78 is 2.22. The zero-order valence-corrected chi connectivity index (χ0v) is 14.5. The van der Waals surface area contributed by atoms with Crippen LogP contribution < -0.4 is 0 Å². The summed E-state index contributed by atoms with van der Waals surface area (Å²) in [5.41, 5.74) is 5.82. The zero-order chi connectivity index (χ0) is 16.4. The van der Waals surface area contributed by atoms with Crippen LogP contribution in [-0.4, -0.2) is 28.5 Å². The van der Waals surface area contributed by atoms with E-state index in [1.54, 1.807) is 4.90 Å². The molecule has 0 radical (unpaired) electrons. The van der Waals surface area contributed by atoms with Gasteiger partial charge in [0.1, 0.15) is 0 Å². The van der Waals surface area contributed by atoms with Crippen molar-refractivity contribution in [3.8, 4) is 5.69 Å². The van der Waals surface area contributed by atoms with E-state index < -0.39 is 0 Å². The topological polar surface area (TPSA) is 25.2 Å². The van der Waals surface area contributed by atoms with Crippen molar-refractivity contribution >= 4 is 5.91 Å². The predicted molar refractivity (Wildman–Crippen MR) is 91.6 cm³/mol. The molecule has 0 spiro atoms. The van der Waals surface area contributed by atoms with Crippen molar-refractivity contribution in [2.45, 2.75) is 47.1 Å². The molecule has 118 valence electrons. The maximum absolute atomic E-state index is 12.3. The Kier molecular flexibility index (Phi) is 4.74. The molecule has 3 heteroatoms. The van der Waals surface area contributed by atoms with Crippen LogP contribution in [0.2, 0.25) is 0 Å². The minimum absolute atomic E-state index is 0.166. The van der Waals surface area contributed by atoms with E-state index in [1.165, 1.54) is 5.56 Å². The Bertz CT molecular complexity index is 665. The van der Waals surface area contributed by atoms with Gasteiger partial charge in [0.05, 0.1) is 6.42 Å². The van der Waals surface area contributed by atoms with Gasteiger partial charge in [-0.2, -0.15) is 0 Å². The quantitative estimate of drug-likeness (QED) is 0.842. The fourth-order valence-corrected chi connectivity index (χ4v) is 2.67. The average molecular weight is 298 g/mol. The van der Waals surface area contributed by atoms with E-state index >= 15 is 0 Å². The smallest absolute Gasteiger partial charge is 0.227 e. The molecule has 1 amide bonds. The summed E-state index contributed by atoms with van der Waals surface area (Å²) in [6, 6.07) is 10.8. The standard InChI is InChI=1S/C19H26N2O/c1-13(2)20(6)19(22)12-17-11-15(4)21(16(17)5)18-9-7-14(3)8-10-18/h7-11,13H,12H2,1-6H3. The first-order chi connectivity index (χ1) is 10.3. The van der Waals surface area contributed by atoms with Crippen molar-refractivity contribution in [2.75, 3.05) is 7.05 Å². The highest BCUT2D eigenvalue weighted by Crippen LogP contribution is 2.22. The average Bonchev–Trinajstić information content (AvgIpc) is 2.73. The predicted octanol–water partition coefficient (Wildman–Crippen LogP) is 3.81. The molecule has 3 nitrogen and oxygen atoms in total. The number of likely N-dealkylation sites (N-methyl/N-ethyl adjacent to an activating group) is 1. The van der Waals surface area contributed by atoms with Gasteiger partial charge < -0.3 is 9.47 Å². The third-order valence-electron chi connectivity index (χ3n) is 4.34. The van der Waals surface area contributed by atoms with E-state index in [9.17, 15) is 4.79 Å². The third-order valence-corrected chi connectivity index (χ3v) is 4.34. The number of amides is 1. The number of benzene rings is 1. The van der Waals surface area contributed by atoms with Crippen molar-refractivity contribution < 1.29 is 4.79 Å². The second-order valence-electron chi connectivity index (χ2n) is 6.34. The van der Waals surface area contributed by atoms with E-state index in [0.717, 1.165) is 22.6 Å². The lowest BCUT2D eigenvalue weighted by Gasteiger charge is -2.21. The summed E-state index contributed by atoms with van der Waals surface area (Å²) >= 11 is 0. The fraction of sp³-hybridized carbons (Fsp3) is 0.421. The second kappa shape index (κ2) is 6.39. The molecule has 0 unspecified atom stereocenters. The zero-order valence-electron chi connectivity index (χ0n) is 14.5. The lowest BCUT2D eigenvalue weighted by atomic mass is 10.1. The fourth-order valence-electron chi connectivity index (χ4n) is 2.67. The Morgan fingerprint density at radius 2 is 1.73 bits per heavy atom. The largest absolute Gasteiger partial charge is 0.343 e. The maximum atomic E-state index is 12.3. The van der Waals surface area contributed by atoms with Crippen molar-refractivity contribution in [3.63, 3.8) is 0 Å². The summed E-state index contributed by atoms with van der Waals surface area (Å²) in [5, 5.41) is 0. The highest BCUT2D eigenvalue weighted by Gasteiger charge is 2.17. The number of nitrogens with zero attached hydrogens (tertiary/aromatic N) is 2. The molecule has 0 aliphatic rings. The van der Waals surface area contributed by atoms with Gasteiger partial charge in [0, 0.05) is 30.2 Å². The van der Waals surface area contributed by atoms with Gasteiger partial charge in [0.25, 0.3) is 0 Å². The number of aromatic nitrogens is 1. The molecule has 0 atom stereocenters. The number of carbonyl (C=O) groups is 1. The first kappa shape index (κ1) is 16.3. The Hall–Kier alpha value is -2.03. The van der Waals surface area contributed by atoms with Crippen LogP contribution in [0, 0.1) is 20.8 Å². The van der Waals surface area contributed by atoms with E-state index in [-0.39, 0.29) is 11.9 Å². The molecule has 0 aliphatic carbocycles. The van der Waals surface area contributed by atoms with E-state index in [0.29, 0.717) is 6.42 Å². The molecule has 1 aromatic heterocycles. The number of carbonyl (C=O) groups excluding carboxylic acids is 1. The maximum Gasteiger partial charge on any atom is 0.227 e. The Morgan fingerprint density at radius 3 is 2.27 bits per heavy atom. The first-order valence-corrected chi connectivity index (χ1v) is 7.81. The van der Waals surface area contributed by atoms with Gasteiger partial charge in [-0.3, -0.25) is 4.79 Å². The van der Waals surface area contributed by atoms with E-state index in [1.807, 2.05) is 20.9 Å². The molecule has 0 saturated carbocycles. The minimum Gasteiger partial charge on any atom is -0.343 e. The molecule has 0 fully saturated rings. The van der Waals surface area contributed by atoms with Crippen molar-refractivity contribution in [1.29, 1.82) is 0 Å². The Morgan fingerprint density at radius 1 is 1.14 bits per heavy atom. The summed E-state index contributed by atoms with van der Waals surface area (Å²) in [5.74, 6) is 0.166. The number of rotatable bonds is 4. The van der Waals surface area contributed by atoms with Crippen LogP contribution in [0.25, 0.3) is 5.69 Å². The van der Waals surface area contributed by atoms with Crippen LogP contribution in [0.5, 0.6) is 0 Å². The third kappa shape index (κ3) is 3.24. The highest BCUT2D eigenvalue weighted by molar-refractivity contribution is 5.79. The summed E-state index contributed by atoms with van der Waals surface area (Å²) in [4.78, 5) is 14.1. The molecule has 22 heavy (non-hydrogen) atoms. The van der Waals surface area contributed by atoms with Gasteiger partial charge in [0.2, 0.25) is 5.91 Å². The summed E-state index contributed by atoms with van der Waals surface area (Å²) in [6.07, 6.45) is 0.459. The molecular weight excluding hydrogens is 272 g/mol. The molecule has 0 N–H and O–H groups in total. The van der Waals surface area contributed by atoms with Gasteiger partial charge in [-0.1, -0.05) is 17.7 Å². The Balaban J connectivity index is 2.31. The molecule has 2 aromatic rings. The van der Waals surface area contributed by atoms with Crippen LogP contribution in [0.15, 0.2) is 30.3 Å². The van der Waals surface area contributed by atoms with Gasteiger partial charge in [-0.25, -0.2) is 0 Å². The van der Waals surface area contributed by atoms with Crippen molar-refractivity contribution in [1.82, 2.24) is 9.47 Å². The minimum atomic E-state index is 0.166. The van der Waals surface area contributed by atoms with E-state index in [2.05, 4.69) is 55.7 Å².